The number of nitrogens with zero attached hydrogens (tertiary/aromatic N) is 1. The third-order valence-electron chi connectivity index (χ3n) is 10.4. The third-order valence-corrected chi connectivity index (χ3v) is 13.1. The number of hydrogen-bond donors (Lipinski definition) is 0. The van der Waals surface area contributed by atoms with Crippen LogP contribution < -0.4 is 9.47 Å². The number of ether oxygens (including phenoxy) is 7. The predicted octanol–water partition coefficient (Wildman–Crippen LogP) is 8.71. The average Bonchev–Trinajstić information content (AvgIpc) is 3.72. The van der Waals surface area contributed by atoms with E-state index >= 15 is 0 Å². The lowest BCUT2D eigenvalue weighted by molar-refractivity contribution is -0.159. The van der Waals surface area contributed by atoms with Gasteiger partial charge in [-0.15, -0.1) is 0 Å². The van der Waals surface area contributed by atoms with E-state index in [4.69, 9.17) is 39.7 Å². The highest BCUT2D eigenvalue weighted by atomic mass is 32.2. The van der Waals surface area contributed by atoms with Crippen molar-refractivity contribution in [3.8, 4) is 22.6 Å². The molecular formula is C46H51NO13S2. The van der Waals surface area contributed by atoms with E-state index in [9.17, 15) is 28.8 Å². The Morgan fingerprint density at radius 2 is 1.26 bits per heavy atom. The summed E-state index contributed by atoms with van der Waals surface area (Å²) in [6.45, 7) is 16.4. The molecule has 62 heavy (non-hydrogen) atoms. The van der Waals surface area contributed by atoms with Gasteiger partial charge in [0, 0.05) is 30.6 Å². The molecule has 0 spiro atoms. The second-order valence-corrected chi connectivity index (χ2v) is 17.1. The van der Waals surface area contributed by atoms with Crippen LogP contribution in [0.2, 0.25) is 0 Å². The Hall–Kier alpha value is -5.37. The second-order valence-electron chi connectivity index (χ2n) is 14.8. The van der Waals surface area contributed by atoms with Crippen LogP contribution in [0.15, 0.2) is 81.4 Å². The van der Waals surface area contributed by atoms with Crippen molar-refractivity contribution in [2.75, 3.05) is 26.4 Å². The summed E-state index contributed by atoms with van der Waals surface area (Å²) in [7, 11) is 0. The number of fused-ring (bicyclic) bond motifs is 1. The van der Waals surface area contributed by atoms with Gasteiger partial charge in [-0.2, -0.15) is 0 Å². The summed E-state index contributed by atoms with van der Waals surface area (Å²) in [6.07, 6.45) is 10.7. The van der Waals surface area contributed by atoms with Crippen LogP contribution in [0.1, 0.15) is 84.0 Å². The average molecular weight is 890 g/mol. The van der Waals surface area contributed by atoms with Crippen LogP contribution in [-0.4, -0.2) is 74.5 Å². The van der Waals surface area contributed by atoms with Crippen LogP contribution in [0.4, 0.5) is 0 Å². The number of benzene rings is 2. The first-order valence-corrected chi connectivity index (χ1v) is 22.3. The topological polar surface area (TPSA) is 171 Å². The van der Waals surface area contributed by atoms with Crippen molar-refractivity contribution >= 4 is 59.3 Å². The molecule has 0 aromatic heterocycles. The normalized spacial score (nSPS) is 20.0. The molecule has 0 unspecified atom stereocenters. The maximum absolute atomic E-state index is 13.6. The first-order chi connectivity index (χ1) is 30.0. The minimum atomic E-state index is -0.899. The summed E-state index contributed by atoms with van der Waals surface area (Å²) >= 11 is 2.28. The zero-order valence-electron chi connectivity index (χ0n) is 34.7. The monoisotopic (exact) mass is 889 g/mol. The lowest BCUT2D eigenvalue weighted by atomic mass is 9.86. The molecule has 1 heterocycles. The highest BCUT2D eigenvalue weighted by Gasteiger charge is 2.35. The van der Waals surface area contributed by atoms with Gasteiger partial charge in [0.25, 0.3) is 5.70 Å². The molecule has 0 atom stereocenters. The molecule has 0 radical (unpaired) electrons. The molecule has 2 fully saturated rings. The highest BCUT2D eigenvalue weighted by Crippen LogP contribution is 2.59. The van der Waals surface area contributed by atoms with Crippen molar-refractivity contribution < 1.29 is 61.9 Å². The summed E-state index contributed by atoms with van der Waals surface area (Å²) in [5.41, 5.74) is 1.20. The largest absolute Gasteiger partial charge is 0.467 e. The number of esters is 6. The van der Waals surface area contributed by atoms with E-state index in [0.717, 1.165) is 73.6 Å². The van der Waals surface area contributed by atoms with Gasteiger partial charge in [0.05, 0.1) is 40.3 Å². The van der Waals surface area contributed by atoms with Crippen LogP contribution in [0.25, 0.3) is 16.0 Å². The molecule has 2 aromatic carbocycles. The molecular weight excluding hydrogens is 839 g/mol. The smallest absolute Gasteiger partial charge is 0.338 e. The molecule has 0 saturated heterocycles. The quantitative estimate of drug-likeness (QED) is 0.0308. The second kappa shape index (κ2) is 24.3. The first kappa shape index (κ1) is 47.7. The van der Waals surface area contributed by atoms with E-state index in [1.807, 2.05) is 0 Å². The fourth-order valence-corrected chi connectivity index (χ4v) is 9.81. The molecule has 2 saturated carbocycles. The Balaban J connectivity index is 1.13. The molecule has 1 aliphatic heterocycles. The molecule has 0 bridgehead atoms. The van der Waals surface area contributed by atoms with E-state index in [1.165, 1.54) is 18.7 Å². The van der Waals surface area contributed by atoms with Crippen LogP contribution in [0.5, 0.6) is 11.5 Å². The van der Waals surface area contributed by atoms with Crippen molar-refractivity contribution in [1.82, 2.24) is 0 Å². The van der Waals surface area contributed by atoms with Gasteiger partial charge in [-0.1, -0.05) is 55.2 Å². The Bertz CT molecular complexity index is 2040. The fourth-order valence-electron chi connectivity index (χ4n) is 7.17. The highest BCUT2D eigenvalue weighted by molar-refractivity contribution is 8.24. The molecule has 0 amide bonds. The lowest BCUT2D eigenvalue weighted by Crippen LogP contribution is -2.33. The Morgan fingerprint density at radius 1 is 0.677 bits per heavy atom. The minimum absolute atomic E-state index is 0.129. The predicted molar refractivity (Wildman–Crippen MR) is 229 cm³/mol. The van der Waals surface area contributed by atoms with Gasteiger partial charge in [-0.3, -0.25) is 19.2 Å². The van der Waals surface area contributed by atoms with Gasteiger partial charge in [0.2, 0.25) is 0 Å². The number of unbranched alkanes of at least 4 members (excludes halogenated alkanes) is 3. The van der Waals surface area contributed by atoms with E-state index in [-0.39, 0.29) is 48.8 Å². The molecule has 16 heteroatoms. The standard InChI is InChI=1S/C46H51NO13S2/c1-5-38(49)55-26-10-8-7-9-25-54-33-17-13-31(14-18-33)43(51)59-35-21-15-32(16-22-35)44(52)60-37-24-23-36(30-11-19-34(20-12-30)58-29(3)48)41-42(37)62-46(61-41)40(47-4)45(53)57-28-27-56-39(50)6-2/h5-6,11-12,19-20,23-24,31-33,35H,1-2,7-10,13-18,21-22,25-28H2,3H3/b46-40-. The van der Waals surface area contributed by atoms with Gasteiger partial charge in [-0.05, 0) is 106 Å². The SMILES string of the molecule is [C-]#[N+]/C(C(=O)OCCOC(=O)C=C)=C1\Sc2c(OC(=O)C3CCC(OC(=O)C4CCC(OCCCCCCOC(=O)C=C)CC4)CC3)ccc(-c3ccc(OC(C)=O)cc3)c2S1. The number of rotatable bonds is 20. The van der Waals surface area contributed by atoms with Crippen molar-refractivity contribution in [3.63, 3.8) is 0 Å². The Labute approximate surface area is 369 Å². The van der Waals surface area contributed by atoms with Crippen molar-refractivity contribution in [2.24, 2.45) is 11.8 Å². The van der Waals surface area contributed by atoms with Gasteiger partial charge >= 0.3 is 35.8 Å². The Kier molecular flexibility index (Phi) is 18.7. The van der Waals surface area contributed by atoms with Crippen molar-refractivity contribution in [1.29, 1.82) is 0 Å². The van der Waals surface area contributed by atoms with E-state index in [2.05, 4.69) is 18.0 Å². The summed E-state index contributed by atoms with van der Waals surface area (Å²) in [4.78, 5) is 78.4. The zero-order valence-corrected chi connectivity index (χ0v) is 36.4. The summed E-state index contributed by atoms with van der Waals surface area (Å²) in [6, 6.07) is 10.3. The van der Waals surface area contributed by atoms with E-state index in [0.29, 0.717) is 71.5 Å². The Morgan fingerprint density at radius 3 is 1.89 bits per heavy atom. The third kappa shape index (κ3) is 14.1. The molecule has 2 aliphatic carbocycles. The van der Waals surface area contributed by atoms with Crippen molar-refractivity contribution in [3.05, 3.63) is 83.1 Å². The van der Waals surface area contributed by atoms with Gasteiger partial charge in [0.15, 0.2) is 0 Å². The molecule has 14 nitrogen and oxygen atoms in total. The van der Waals surface area contributed by atoms with Gasteiger partial charge in [0.1, 0.15) is 30.8 Å². The van der Waals surface area contributed by atoms with Gasteiger partial charge < -0.3 is 33.2 Å². The number of carbonyl (C=O) groups is 6. The zero-order chi connectivity index (χ0) is 44.4. The molecule has 0 N–H and O–H groups in total. The molecule has 330 valence electrons. The molecule has 3 aliphatic rings. The van der Waals surface area contributed by atoms with E-state index in [1.54, 1.807) is 36.4 Å². The summed E-state index contributed by atoms with van der Waals surface area (Å²) in [5, 5.41) is 0. The van der Waals surface area contributed by atoms with Crippen LogP contribution in [0.3, 0.4) is 0 Å². The van der Waals surface area contributed by atoms with Crippen LogP contribution in [0, 0.1) is 18.4 Å². The number of thioether (sulfide) groups is 2. The maximum atomic E-state index is 13.6. The van der Waals surface area contributed by atoms with Crippen LogP contribution in [-0.2, 0) is 52.5 Å². The van der Waals surface area contributed by atoms with Crippen LogP contribution >= 0.6 is 23.5 Å². The summed E-state index contributed by atoms with van der Waals surface area (Å²) in [5.74, 6) is -3.01. The molecule has 2 aromatic rings. The van der Waals surface area contributed by atoms with Gasteiger partial charge in [-0.25, -0.2) is 14.4 Å². The number of hydrogen-bond acceptors (Lipinski definition) is 15. The summed E-state index contributed by atoms with van der Waals surface area (Å²) < 4.78 is 38.6. The van der Waals surface area contributed by atoms with E-state index < -0.39 is 35.8 Å². The minimum Gasteiger partial charge on any atom is -0.467 e. The lowest BCUT2D eigenvalue weighted by Gasteiger charge is -2.31. The fraction of sp³-hybridized carbons (Fsp3) is 0.457. The van der Waals surface area contributed by atoms with Crippen molar-refractivity contribution in [2.45, 2.75) is 106 Å². The maximum Gasteiger partial charge on any atom is 0.338 e. The number of carbonyl (C=O) groups excluding carboxylic acids is 6. The first-order valence-electron chi connectivity index (χ1n) is 20.7. The molecule has 5 rings (SSSR count).